The lowest BCUT2D eigenvalue weighted by Gasteiger charge is -2.40. The summed E-state index contributed by atoms with van der Waals surface area (Å²) in [4.78, 5) is 31.8. The summed E-state index contributed by atoms with van der Waals surface area (Å²) >= 11 is 0. The van der Waals surface area contributed by atoms with Crippen LogP contribution in [0.3, 0.4) is 0 Å². The maximum Gasteiger partial charge on any atom is 0.253 e. The van der Waals surface area contributed by atoms with Crippen molar-refractivity contribution in [1.29, 1.82) is 0 Å². The molecule has 1 aromatic rings. The van der Waals surface area contributed by atoms with Crippen molar-refractivity contribution in [3.63, 3.8) is 0 Å². The van der Waals surface area contributed by atoms with Gasteiger partial charge in [-0.25, -0.2) is 0 Å². The number of allylic oxidation sites excluding steroid dienone is 1. The maximum absolute atomic E-state index is 12.8. The zero-order chi connectivity index (χ0) is 20.4. The highest BCUT2D eigenvalue weighted by molar-refractivity contribution is 5.94. The third kappa shape index (κ3) is 4.09. The van der Waals surface area contributed by atoms with Crippen LogP contribution in [0, 0.1) is 5.92 Å². The molecule has 0 saturated carbocycles. The van der Waals surface area contributed by atoms with E-state index in [1.165, 1.54) is 5.56 Å². The molecular weight excluding hydrogens is 364 g/mol. The van der Waals surface area contributed by atoms with Gasteiger partial charge in [-0.15, -0.1) is 0 Å². The van der Waals surface area contributed by atoms with Gasteiger partial charge >= 0.3 is 0 Å². The molecule has 3 aliphatic rings. The van der Waals surface area contributed by atoms with E-state index in [9.17, 15) is 9.59 Å². The van der Waals surface area contributed by atoms with Crippen molar-refractivity contribution in [2.75, 3.05) is 52.9 Å². The molecule has 3 unspecified atom stereocenters. The Bertz CT molecular complexity index is 768. The van der Waals surface area contributed by atoms with Gasteiger partial charge in [0.05, 0.1) is 6.04 Å². The predicted octanol–water partition coefficient (Wildman–Crippen LogP) is 1.55. The molecule has 0 aromatic heterocycles. The highest BCUT2D eigenvalue weighted by Crippen LogP contribution is 2.38. The van der Waals surface area contributed by atoms with Crippen LogP contribution >= 0.6 is 0 Å². The lowest BCUT2D eigenvalue weighted by molar-refractivity contribution is -0.137. The summed E-state index contributed by atoms with van der Waals surface area (Å²) in [6.45, 7) is 7.73. The molecule has 0 spiro atoms. The van der Waals surface area contributed by atoms with Crippen molar-refractivity contribution in [3.05, 3.63) is 47.5 Å². The summed E-state index contributed by atoms with van der Waals surface area (Å²) in [7, 11) is 2.09. The number of hydrogen-bond donors (Lipinski definition) is 1. The summed E-state index contributed by atoms with van der Waals surface area (Å²) in [6, 6.07) is 8.07. The Morgan fingerprint density at radius 2 is 1.90 bits per heavy atom. The van der Waals surface area contributed by atoms with Gasteiger partial charge in [-0.05, 0) is 50.6 Å². The topological polar surface area (TPSA) is 55.9 Å². The van der Waals surface area contributed by atoms with Crippen LogP contribution in [-0.4, -0.2) is 85.4 Å². The first kappa shape index (κ1) is 20.1. The number of amides is 2. The summed E-state index contributed by atoms with van der Waals surface area (Å²) in [5, 5.41) is 3.41. The molecule has 0 aliphatic carbocycles. The maximum atomic E-state index is 12.8. The number of fused-ring (bicyclic) bond motifs is 1. The SMILES string of the molecule is CC=CCN1CC(c2ccc(C(=O)N3CCN(C)CC3)cc2)C2CCNC2C1=O. The van der Waals surface area contributed by atoms with Crippen molar-refractivity contribution in [2.24, 2.45) is 5.92 Å². The normalized spacial score (nSPS) is 28.2. The fourth-order valence-electron chi connectivity index (χ4n) is 4.90. The van der Waals surface area contributed by atoms with Crippen molar-refractivity contribution < 1.29 is 9.59 Å². The van der Waals surface area contributed by atoms with E-state index in [0.717, 1.165) is 51.3 Å². The monoisotopic (exact) mass is 396 g/mol. The Morgan fingerprint density at radius 3 is 2.59 bits per heavy atom. The van der Waals surface area contributed by atoms with E-state index in [2.05, 4.69) is 29.4 Å². The van der Waals surface area contributed by atoms with E-state index in [-0.39, 0.29) is 17.9 Å². The summed E-state index contributed by atoms with van der Waals surface area (Å²) in [6.07, 6.45) is 5.07. The average molecular weight is 397 g/mol. The molecule has 3 fully saturated rings. The Kier molecular flexibility index (Phi) is 6.01. The molecule has 0 bridgehead atoms. The van der Waals surface area contributed by atoms with Gasteiger partial charge in [0.1, 0.15) is 0 Å². The van der Waals surface area contributed by atoms with Gasteiger partial charge in [0.15, 0.2) is 0 Å². The lowest BCUT2D eigenvalue weighted by atomic mass is 9.77. The smallest absolute Gasteiger partial charge is 0.253 e. The molecule has 29 heavy (non-hydrogen) atoms. The number of benzene rings is 1. The number of hydrogen-bond acceptors (Lipinski definition) is 4. The number of carbonyl (C=O) groups excluding carboxylic acids is 2. The largest absolute Gasteiger partial charge is 0.337 e. The molecule has 3 saturated heterocycles. The van der Waals surface area contributed by atoms with Gasteiger partial charge in [-0.2, -0.15) is 0 Å². The number of likely N-dealkylation sites (N-methyl/N-ethyl adjacent to an activating group) is 1. The minimum Gasteiger partial charge on any atom is -0.337 e. The Balaban J connectivity index is 1.50. The van der Waals surface area contributed by atoms with Crippen LogP contribution < -0.4 is 5.32 Å². The van der Waals surface area contributed by atoms with E-state index in [0.29, 0.717) is 18.4 Å². The molecule has 1 N–H and O–H groups in total. The minimum absolute atomic E-state index is 0.0781. The quantitative estimate of drug-likeness (QED) is 0.785. The van der Waals surface area contributed by atoms with E-state index < -0.39 is 0 Å². The third-order valence-electron chi connectivity index (χ3n) is 6.72. The Morgan fingerprint density at radius 1 is 1.17 bits per heavy atom. The number of likely N-dealkylation sites (tertiary alicyclic amines) is 1. The van der Waals surface area contributed by atoms with Crippen LogP contribution in [0.4, 0.5) is 0 Å². The van der Waals surface area contributed by atoms with Crippen LogP contribution in [0.15, 0.2) is 36.4 Å². The number of nitrogens with one attached hydrogen (secondary N) is 1. The zero-order valence-electron chi connectivity index (χ0n) is 17.5. The van der Waals surface area contributed by atoms with Crippen LogP contribution in [0.5, 0.6) is 0 Å². The van der Waals surface area contributed by atoms with E-state index in [4.69, 9.17) is 0 Å². The Labute approximate surface area is 173 Å². The molecule has 3 aliphatic heterocycles. The first-order valence-corrected chi connectivity index (χ1v) is 10.8. The van der Waals surface area contributed by atoms with Gasteiger partial charge in [0, 0.05) is 50.7 Å². The highest BCUT2D eigenvalue weighted by Gasteiger charge is 2.45. The van der Waals surface area contributed by atoms with E-state index in [1.54, 1.807) is 0 Å². The minimum atomic E-state index is -0.0781. The second-order valence-corrected chi connectivity index (χ2v) is 8.52. The van der Waals surface area contributed by atoms with Crippen molar-refractivity contribution >= 4 is 11.8 Å². The first-order valence-electron chi connectivity index (χ1n) is 10.8. The van der Waals surface area contributed by atoms with Gasteiger partial charge in [0.25, 0.3) is 5.91 Å². The van der Waals surface area contributed by atoms with Crippen molar-refractivity contribution in [1.82, 2.24) is 20.0 Å². The predicted molar refractivity (Wildman–Crippen MR) is 114 cm³/mol. The lowest BCUT2D eigenvalue weighted by Crippen LogP contribution is -2.54. The fourth-order valence-corrected chi connectivity index (χ4v) is 4.90. The van der Waals surface area contributed by atoms with Crippen LogP contribution in [-0.2, 0) is 4.79 Å². The molecule has 6 heteroatoms. The van der Waals surface area contributed by atoms with Crippen molar-refractivity contribution in [2.45, 2.75) is 25.3 Å². The summed E-state index contributed by atoms with van der Waals surface area (Å²) in [5.41, 5.74) is 1.99. The van der Waals surface area contributed by atoms with E-state index >= 15 is 0 Å². The number of piperazine rings is 1. The molecule has 4 rings (SSSR count). The average Bonchev–Trinajstić information content (AvgIpc) is 3.24. The van der Waals surface area contributed by atoms with Gasteiger partial charge in [0.2, 0.25) is 5.91 Å². The Hall–Kier alpha value is -2.18. The molecule has 2 amide bonds. The van der Waals surface area contributed by atoms with Crippen LogP contribution in [0.1, 0.15) is 35.2 Å². The van der Waals surface area contributed by atoms with Crippen LogP contribution in [0.2, 0.25) is 0 Å². The fraction of sp³-hybridized carbons (Fsp3) is 0.565. The molecule has 3 atom stereocenters. The summed E-state index contributed by atoms with van der Waals surface area (Å²) < 4.78 is 0. The van der Waals surface area contributed by atoms with Crippen LogP contribution in [0.25, 0.3) is 0 Å². The molecule has 0 radical (unpaired) electrons. The molecule has 1 aromatic carbocycles. The number of piperidine rings is 1. The molecule has 6 nitrogen and oxygen atoms in total. The van der Waals surface area contributed by atoms with Gasteiger partial charge in [-0.3, -0.25) is 9.59 Å². The third-order valence-corrected chi connectivity index (χ3v) is 6.72. The van der Waals surface area contributed by atoms with Gasteiger partial charge < -0.3 is 20.0 Å². The number of rotatable bonds is 4. The summed E-state index contributed by atoms with van der Waals surface area (Å²) in [5.74, 6) is 0.997. The molecular formula is C23H32N4O2. The molecule has 3 heterocycles. The number of carbonyl (C=O) groups is 2. The standard InChI is InChI=1S/C23H32N4O2/c1-3-4-11-27-16-20(19-9-10-24-21(19)23(27)29)17-5-7-18(8-6-17)22(28)26-14-12-25(2)13-15-26/h3-8,19-21,24H,9-16H2,1-2H3. The first-order chi connectivity index (χ1) is 14.1. The van der Waals surface area contributed by atoms with Gasteiger partial charge in [-0.1, -0.05) is 24.3 Å². The second kappa shape index (κ2) is 8.67. The van der Waals surface area contributed by atoms with Crippen molar-refractivity contribution in [3.8, 4) is 0 Å². The highest BCUT2D eigenvalue weighted by atomic mass is 16.2. The molecule has 156 valence electrons. The van der Waals surface area contributed by atoms with E-state index in [1.807, 2.05) is 41.0 Å². The zero-order valence-corrected chi connectivity index (χ0v) is 17.5. The number of nitrogens with zero attached hydrogens (tertiary/aromatic N) is 3. The second-order valence-electron chi connectivity index (χ2n) is 8.52.